The zero-order valence-corrected chi connectivity index (χ0v) is 13.9. The van der Waals surface area contributed by atoms with Crippen LogP contribution in [0.5, 0.6) is 0 Å². The summed E-state index contributed by atoms with van der Waals surface area (Å²) >= 11 is 0. The van der Waals surface area contributed by atoms with E-state index < -0.39 is 15.1 Å². The highest BCUT2D eigenvalue weighted by Crippen LogP contribution is 2.28. The number of hydrogen-bond donors (Lipinski definition) is 1. The minimum absolute atomic E-state index is 0.0583. The van der Waals surface area contributed by atoms with Crippen LogP contribution in [0.3, 0.4) is 0 Å². The minimum Gasteiger partial charge on any atom is -0.339 e. The van der Waals surface area contributed by atoms with E-state index in [0.29, 0.717) is 11.8 Å². The SMILES string of the molecule is CCNC(C)C(c1nc(C(C)S(C)(=O)=O)no1)C(C)C. The van der Waals surface area contributed by atoms with E-state index in [-0.39, 0.29) is 17.8 Å². The molecule has 0 radical (unpaired) electrons. The molecular formula is C13H25N3O3S. The first-order valence-corrected chi connectivity index (χ1v) is 8.89. The Bertz CT molecular complexity index is 525. The van der Waals surface area contributed by atoms with Crippen molar-refractivity contribution >= 4 is 9.84 Å². The zero-order valence-electron chi connectivity index (χ0n) is 13.0. The summed E-state index contributed by atoms with van der Waals surface area (Å²) in [6.45, 7) is 10.7. The smallest absolute Gasteiger partial charge is 0.231 e. The van der Waals surface area contributed by atoms with Gasteiger partial charge in [0.2, 0.25) is 5.89 Å². The van der Waals surface area contributed by atoms with Crippen LogP contribution >= 0.6 is 0 Å². The zero-order chi connectivity index (χ0) is 15.5. The molecule has 0 spiro atoms. The Hall–Kier alpha value is -0.950. The maximum Gasteiger partial charge on any atom is 0.231 e. The second-order valence-corrected chi connectivity index (χ2v) is 7.94. The van der Waals surface area contributed by atoms with Crippen LogP contribution in [0.2, 0.25) is 0 Å². The van der Waals surface area contributed by atoms with Gasteiger partial charge in [0.1, 0.15) is 5.25 Å². The number of hydrogen-bond acceptors (Lipinski definition) is 6. The lowest BCUT2D eigenvalue weighted by Gasteiger charge is -2.24. The first-order chi connectivity index (χ1) is 9.18. The van der Waals surface area contributed by atoms with Crippen molar-refractivity contribution in [3.63, 3.8) is 0 Å². The van der Waals surface area contributed by atoms with Crippen molar-refractivity contribution in [3.8, 4) is 0 Å². The van der Waals surface area contributed by atoms with Crippen LogP contribution in [-0.4, -0.2) is 37.4 Å². The van der Waals surface area contributed by atoms with Crippen LogP contribution in [0.25, 0.3) is 0 Å². The van der Waals surface area contributed by atoms with Crippen LogP contribution in [0.4, 0.5) is 0 Å². The Kier molecular flexibility index (Phi) is 5.70. The standard InChI is InChI=1S/C13H25N3O3S/c1-7-14-9(4)11(8(2)3)13-15-12(16-19-13)10(5)20(6,17)18/h8-11,14H,7H2,1-6H3. The van der Waals surface area contributed by atoms with Crippen molar-refractivity contribution in [1.29, 1.82) is 0 Å². The van der Waals surface area contributed by atoms with Gasteiger partial charge in [0.15, 0.2) is 15.7 Å². The fourth-order valence-corrected chi connectivity index (χ4v) is 2.74. The highest BCUT2D eigenvalue weighted by Gasteiger charge is 2.30. The van der Waals surface area contributed by atoms with Crippen LogP contribution in [0, 0.1) is 5.92 Å². The molecule has 1 N–H and O–H groups in total. The fourth-order valence-electron chi connectivity index (χ4n) is 2.26. The third kappa shape index (κ3) is 4.02. The second-order valence-electron chi connectivity index (χ2n) is 5.58. The topological polar surface area (TPSA) is 85.1 Å². The molecule has 0 aromatic carbocycles. The van der Waals surface area contributed by atoms with Crippen molar-refractivity contribution in [2.24, 2.45) is 5.92 Å². The van der Waals surface area contributed by atoms with Crippen molar-refractivity contribution in [2.75, 3.05) is 12.8 Å². The first kappa shape index (κ1) is 17.1. The van der Waals surface area contributed by atoms with E-state index in [1.807, 2.05) is 6.92 Å². The molecule has 0 saturated carbocycles. The molecule has 0 fully saturated rings. The van der Waals surface area contributed by atoms with Gasteiger partial charge in [0.25, 0.3) is 0 Å². The van der Waals surface area contributed by atoms with Crippen LogP contribution < -0.4 is 5.32 Å². The van der Waals surface area contributed by atoms with Gasteiger partial charge in [-0.3, -0.25) is 0 Å². The highest BCUT2D eigenvalue weighted by atomic mass is 32.2. The lowest BCUT2D eigenvalue weighted by molar-refractivity contribution is 0.280. The Morgan fingerprint density at radius 3 is 2.30 bits per heavy atom. The summed E-state index contributed by atoms with van der Waals surface area (Å²) in [6.07, 6.45) is 1.18. The maximum atomic E-state index is 11.5. The lowest BCUT2D eigenvalue weighted by atomic mass is 9.89. The average Bonchev–Trinajstić information content (AvgIpc) is 2.75. The van der Waals surface area contributed by atoms with E-state index in [1.54, 1.807) is 6.92 Å². The monoisotopic (exact) mass is 303 g/mol. The van der Waals surface area contributed by atoms with Crippen LogP contribution in [-0.2, 0) is 9.84 Å². The average molecular weight is 303 g/mol. The normalized spacial score (nSPS) is 17.1. The summed E-state index contributed by atoms with van der Waals surface area (Å²) in [4.78, 5) is 4.30. The molecular weight excluding hydrogens is 278 g/mol. The van der Waals surface area contributed by atoms with Gasteiger partial charge in [0, 0.05) is 12.3 Å². The molecule has 116 valence electrons. The van der Waals surface area contributed by atoms with Crippen molar-refractivity contribution in [3.05, 3.63) is 11.7 Å². The predicted molar refractivity (Wildman–Crippen MR) is 78.3 cm³/mol. The summed E-state index contributed by atoms with van der Waals surface area (Å²) in [7, 11) is -3.22. The molecule has 0 amide bonds. The summed E-state index contributed by atoms with van der Waals surface area (Å²) in [6, 6.07) is 0.182. The van der Waals surface area contributed by atoms with Gasteiger partial charge >= 0.3 is 0 Å². The molecule has 3 unspecified atom stereocenters. The number of likely N-dealkylation sites (N-methyl/N-ethyl adjacent to an activating group) is 1. The molecule has 20 heavy (non-hydrogen) atoms. The Balaban J connectivity index is 3.04. The van der Waals surface area contributed by atoms with Gasteiger partial charge in [-0.15, -0.1) is 0 Å². The van der Waals surface area contributed by atoms with E-state index >= 15 is 0 Å². The molecule has 1 aromatic rings. The molecule has 6 nitrogen and oxygen atoms in total. The Morgan fingerprint density at radius 1 is 1.25 bits per heavy atom. The molecule has 0 aliphatic heterocycles. The van der Waals surface area contributed by atoms with E-state index in [2.05, 4.69) is 36.2 Å². The van der Waals surface area contributed by atoms with E-state index in [1.165, 1.54) is 6.26 Å². The summed E-state index contributed by atoms with van der Waals surface area (Å²) in [5, 5.41) is 6.44. The number of aromatic nitrogens is 2. The number of nitrogens with zero attached hydrogens (tertiary/aromatic N) is 2. The van der Waals surface area contributed by atoms with Gasteiger partial charge in [-0.2, -0.15) is 4.98 Å². The van der Waals surface area contributed by atoms with Crippen LogP contribution in [0.1, 0.15) is 57.5 Å². The van der Waals surface area contributed by atoms with Gasteiger partial charge in [-0.05, 0) is 26.3 Å². The van der Waals surface area contributed by atoms with Crippen molar-refractivity contribution < 1.29 is 12.9 Å². The Morgan fingerprint density at radius 2 is 1.85 bits per heavy atom. The molecule has 3 atom stereocenters. The predicted octanol–water partition coefficient (Wildman–Crippen LogP) is 1.91. The fraction of sp³-hybridized carbons (Fsp3) is 0.846. The number of sulfone groups is 1. The summed E-state index contributed by atoms with van der Waals surface area (Å²) in [5.41, 5.74) is 0. The molecule has 0 saturated heterocycles. The number of nitrogens with one attached hydrogen (secondary N) is 1. The molecule has 0 aliphatic carbocycles. The summed E-state index contributed by atoms with van der Waals surface area (Å²) < 4.78 is 28.4. The first-order valence-electron chi connectivity index (χ1n) is 6.94. The van der Waals surface area contributed by atoms with E-state index in [0.717, 1.165) is 6.54 Å². The number of rotatable bonds is 7. The molecule has 7 heteroatoms. The lowest BCUT2D eigenvalue weighted by Crippen LogP contribution is -2.34. The van der Waals surface area contributed by atoms with E-state index in [4.69, 9.17) is 4.52 Å². The molecule has 1 aromatic heterocycles. The van der Waals surface area contributed by atoms with Crippen molar-refractivity contribution in [1.82, 2.24) is 15.5 Å². The van der Waals surface area contributed by atoms with Crippen LogP contribution in [0.15, 0.2) is 4.52 Å². The van der Waals surface area contributed by atoms with Crippen molar-refractivity contribution in [2.45, 2.75) is 51.8 Å². The molecule has 0 bridgehead atoms. The maximum absolute atomic E-state index is 11.5. The van der Waals surface area contributed by atoms with E-state index in [9.17, 15) is 8.42 Å². The largest absolute Gasteiger partial charge is 0.339 e. The van der Waals surface area contributed by atoms with Gasteiger partial charge in [-0.1, -0.05) is 25.9 Å². The highest BCUT2D eigenvalue weighted by molar-refractivity contribution is 7.90. The van der Waals surface area contributed by atoms with Gasteiger partial charge < -0.3 is 9.84 Å². The summed E-state index contributed by atoms with van der Waals surface area (Å²) in [5.74, 6) is 1.10. The molecule has 0 aliphatic rings. The second kappa shape index (κ2) is 6.67. The van der Waals surface area contributed by atoms with Gasteiger partial charge in [-0.25, -0.2) is 8.42 Å². The Labute approximate surface area is 121 Å². The third-order valence-electron chi connectivity index (χ3n) is 3.53. The minimum atomic E-state index is -3.22. The quantitative estimate of drug-likeness (QED) is 0.828. The molecule has 1 rings (SSSR count). The van der Waals surface area contributed by atoms with Gasteiger partial charge in [0.05, 0.1) is 5.92 Å². The third-order valence-corrected chi connectivity index (χ3v) is 5.03. The molecule has 1 heterocycles.